The third kappa shape index (κ3) is 6.56. The molecule has 0 bridgehead atoms. The molecule has 0 aromatic heterocycles. The van der Waals surface area contributed by atoms with E-state index in [9.17, 15) is 4.39 Å². The zero-order chi connectivity index (χ0) is 20.5. The number of nitrogens with zero attached hydrogens (tertiary/aromatic N) is 1. The summed E-state index contributed by atoms with van der Waals surface area (Å²) in [4.78, 5) is 0. The van der Waals surface area contributed by atoms with Crippen molar-refractivity contribution in [3.8, 4) is 6.07 Å². The monoisotopic (exact) mass is 393 g/mol. The molecular formula is C27H36FN. The Kier molecular flexibility index (Phi) is 8.53. The van der Waals surface area contributed by atoms with E-state index >= 15 is 0 Å². The minimum absolute atomic E-state index is 0.552. The van der Waals surface area contributed by atoms with Crippen LogP contribution < -0.4 is 0 Å². The van der Waals surface area contributed by atoms with Gasteiger partial charge in [-0.1, -0.05) is 49.8 Å². The van der Waals surface area contributed by atoms with Crippen LogP contribution in [0.4, 0.5) is 4.39 Å². The fraction of sp³-hybridized carbons (Fsp3) is 0.593. The summed E-state index contributed by atoms with van der Waals surface area (Å²) in [6, 6.07) is 11.0. The van der Waals surface area contributed by atoms with E-state index < -0.39 is 5.83 Å². The van der Waals surface area contributed by atoms with Crippen molar-refractivity contribution < 1.29 is 4.39 Å². The topological polar surface area (TPSA) is 23.8 Å². The highest BCUT2D eigenvalue weighted by Crippen LogP contribution is 2.44. The molecule has 0 radical (unpaired) electrons. The molecule has 0 unspecified atom stereocenters. The molecule has 0 heterocycles. The van der Waals surface area contributed by atoms with Gasteiger partial charge in [0.1, 0.15) is 6.07 Å². The summed E-state index contributed by atoms with van der Waals surface area (Å²) in [6.45, 7) is 2.26. The molecule has 0 saturated heterocycles. The van der Waals surface area contributed by atoms with Crippen LogP contribution in [0.2, 0.25) is 0 Å². The van der Waals surface area contributed by atoms with Crippen molar-refractivity contribution in [3.05, 3.63) is 59.4 Å². The van der Waals surface area contributed by atoms with E-state index in [2.05, 4.69) is 37.3 Å². The second kappa shape index (κ2) is 11.3. The lowest BCUT2D eigenvalue weighted by Gasteiger charge is -2.37. The van der Waals surface area contributed by atoms with Crippen LogP contribution in [0.3, 0.4) is 0 Å². The van der Waals surface area contributed by atoms with Crippen LogP contribution in [0.25, 0.3) is 0 Å². The molecule has 2 aliphatic rings. The van der Waals surface area contributed by atoms with Gasteiger partial charge < -0.3 is 0 Å². The Labute approximate surface area is 176 Å². The van der Waals surface area contributed by atoms with Crippen LogP contribution in [0.15, 0.2) is 48.3 Å². The molecule has 1 aromatic carbocycles. The smallest absolute Gasteiger partial charge is 0.195 e. The lowest BCUT2D eigenvalue weighted by molar-refractivity contribution is 0.171. The third-order valence-corrected chi connectivity index (χ3v) is 7.26. The van der Waals surface area contributed by atoms with Crippen LogP contribution in [-0.4, -0.2) is 0 Å². The Hall–Kier alpha value is -1.88. The number of hydrogen-bond donors (Lipinski definition) is 0. The maximum atomic E-state index is 12.9. The zero-order valence-electron chi connectivity index (χ0n) is 18.0. The highest BCUT2D eigenvalue weighted by atomic mass is 19.1. The van der Waals surface area contributed by atoms with E-state index in [-0.39, 0.29) is 0 Å². The van der Waals surface area contributed by atoms with Crippen molar-refractivity contribution in [2.45, 2.75) is 83.5 Å². The fourth-order valence-electron chi connectivity index (χ4n) is 5.40. The molecule has 0 aliphatic heterocycles. The van der Waals surface area contributed by atoms with Gasteiger partial charge in [0.15, 0.2) is 5.83 Å². The van der Waals surface area contributed by atoms with Gasteiger partial charge in [0.25, 0.3) is 0 Å². The molecule has 0 spiro atoms. The molecule has 0 atom stereocenters. The van der Waals surface area contributed by atoms with Gasteiger partial charge >= 0.3 is 0 Å². The fourth-order valence-corrected chi connectivity index (χ4v) is 5.40. The molecule has 2 saturated carbocycles. The molecule has 2 heteroatoms. The molecule has 2 aliphatic carbocycles. The van der Waals surface area contributed by atoms with Crippen molar-refractivity contribution in [2.24, 2.45) is 17.8 Å². The molecule has 3 rings (SSSR count). The van der Waals surface area contributed by atoms with Crippen LogP contribution in [0, 0.1) is 29.1 Å². The first-order valence-corrected chi connectivity index (χ1v) is 11.7. The van der Waals surface area contributed by atoms with E-state index in [1.165, 1.54) is 88.3 Å². The Balaban J connectivity index is 1.42. The normalized spacial score (nSPS) is 28.4. The van der Waals surface area contributed by atoms with Gasteiger partial charge in [0.05, 0.1) is 0 Å². The SMILES string of the molecule is CCCCc1ccc([C@H]2CC[C@H]([C@H]3CC[C@H](C=CC=C(F)C#N)CC3)CC2)cc1. The van der Waals surface area contributed by atoms with Gasteiger partial charge in [0.2, 0.25) is 0 Å². The number of aryl methyl sites for hydroxylation is 1. The van der Waals surface area contributed by atoms with Crippen LogP contribution >= 0.6 is 0 Å². The van der Waals surface area contributed by atoms with Crippen LogP contribution in [-0.2, 0) is 6.42 Å². The van der Waals surface area contributed by atoms with E-state index in [0.29, 0.717) is 5.92 Å². The van der Waals surface area contributed by atoms with Gasteiger partial charge in [-0.2, -0.15) is 9.65 Å². The summed E-state index contributed by atoms with van der Waals surface area (Å²) in [5.41, 5.74) is 3.04. The van der Waals surface area contributed by atoms with E-state index in [0.717, 1.165) is 17.8 Å². The summed E-state index contributed by atoms with van der Waals surface area (Å²) in [7, 11) is 0. The predicted octanol–water partition coefficient (Wildman–Crippen LogP) is 8.04. The molecule has 0 amide bonds. The molecule has 2 fully saturated rings. The highest BCUT2D eigenvalue weighted by molar-refractivity contribution is 5.26. The minimum atomic E-state index is -0.706. The van der Waals surface area contributed by atoms with Crippen molar-refractivity contribution in [1.29, 1.82) is 5.26 Å². The first-order valence-electron chi connectivity index (χ1n) is 11.7. The number of hydrogen-bond acceptors (Lipinski definition) is 1. The van der Waals surface area contributed by atoms with Crippen LogP contribution in [0.1, 0.15) is 88.2 Å². The van der Waals surface area contributed by atoms with Crippen molar-refractivity contribution in [3.63, 3.8) is 0 Å². The first kappa shape index (κ1) is 21.8. The molecular weight excluding hydrogens is 357 g/mol. The van der Waals surface area contributed by atoms with Gasteiger partial charge in [-0.25, -0.2) is 0 Å². The minimum Gasteiger partial charge on any atom is -0.195 e. The zero-order valence-corrected chi connectivity index (χ0v) is 18.0. The maximum Gasteiger partial charge on any atom is 0.199 e. The van der Waals surface area contributed by atoms with Gasteiger partial charge in [0, 0.05) is 0 Å². The third-order valence-electron chi connectivity index (χ3n) is 7.26. The average Bonchev–Trinajstić information content (AvgIpc) is 2.78. The Morgan fingerprint density at radius 3 is 2.21 bits per heavy atom. The van der Waals surface area contributed by atoms with E-state index in [1.807, 2.05) is 0 Å². The molecule has 0 N–H and O–H groups in total. The second-order valence-electron chi connectivity index (χ2n) is 9.14. The van der Waals surface area contributed by atoms with Gasteiger partial charge in [-0.3, -0.25) is 0 Å². The molecule has 1 aromatic rings. The highest BCUT2D eigenvalue weighted by Gasteiger charge is 2.30. The number of benzene rings is 1. The molecule has 29 heavy (non-hydrogen) atoms. The lowest BCUT2D eigenvalue weighted by Crippen LogP contribution is -2.25. The summed E-state index contributed by atoms with van der Waals surface area (Å²) >= 11 is 0. The Morgan fingerprint density at radius 1 is 1.00 bits per heavy atom. The number of halogens is 1. The maximum absolute atomic E-state index is 12.9. The standard InChI is InChI=1S/C27H36FN/c1-2-3-5-21-8-12-23(13-9-21)25-16-18-26(19-17-25)24-14-10-22(11-15-24)6-4-7-27(28)20-29/h4,6-9,12-13,22,24-26H,2-3,5,10-11,14-19H2,1H3/t22-,24-,25-,26-. The predicted molar refractivity (Wildman–Crippen MR) is 119 cm³/mol. The summed E-state index contributed by atoms with van der Waals surface area (Å²) in [5.74, 6) is 2.38. The van der Waals surface area contributed by atoms with Crippen molar-refractivity contribution in [2.75, 3.05) is 0 Å². The Bertz CT molecular complexity index is 708. The average molecular weight is 394 g/mol. The quantitative estimate of drug-likeness (QED) is 0.339. The van der Waals surface area contributed by atoms with Crippen molar-refractivity contribution >= 4 is 0 Å². The summed E-state index contributed by atoms with van der Waals surface area (Å²) in [6.07, 6.45) is 19.3. The van der Waals surface area contributed by atoms with Crippen LogP contribution in [0.5, 0.6) is 0 Å². The van der Waals surface area contributed by atoms with Crippen molar-refractivity contribution in [1.82, 2.24) is 0 Å². The Morgan fingerprint density at radius 2 is 1.62 bits per heavy atom. The van der Waals surface area contributed by atoms with E-state index in [1.54, 1.807) is 11.6 Å². The van der Waals surface area contributed by atoms with Gasteiger partial charge in [-0.15, -0.1) is 0 Å². The molecule has 1 nitrogen and oxygen atoms in total. The van der Waals surface area contributed by atoms with E-state index in [4.69, 9.17) is 5.26 Å². The number of allylic oxidation sites excluding steroid dienone is 4. The van der Waals surface area contributed by atoms with Gasteiger partial charge in [-0.05, 0) is 105 Å². The second-order valence-corrected chi connectivity index (χ2v) is 9.14. The first-order chi connectivity index (χ1) is 14.2. The molecule has 156 valence electrons. The summed E-state index contributed by atoms with van der Waals surface area (Å²) < 4.78 is 12.9. The number of nitriles is 1. The number of rotatable bonds is 7. The largest absolute Gasteiger partial charge is 0.199 e. The summed E-state index contributed by atoms with van der Waals surface area (Å²) in [5, 5.41) is 8.46. The number of unbranched alkanes of at least 4 members (excludes halogenated alkanes) is 1. The lowest BCUT2D eigenvalue weighted by atomic mass is 9.68.